The highest BCUT2D eigenvalue weighted by atomic mass is 16.6. The molecule has 0 bridgehead atoms. The van der Waals surface area contributed by atoms with E-state index in [1.807, 2.05) is 0 Å². The summed E-state index contributed by atoms with van der Waals surface area (Å²) in [5.41, 5.74) is 1.43. The molecule has 0 unspecified atom stereocenters. The monoisotopic (exact) mass is 328 g/mol. The summed E-state index contributed by atoms with van der Waals surface area (Å²) in [4.78, 5) is 22.5. The molecule has 0 atom stereocenters. The summed E-state index contributed by atoms with van der Waals surface area (Å²) in [5.74, 6) is -0.00648. The molecule has 0 radical (unpaired) electrons. The van der Waals surface area contributed by atoms with Crippen molar-refractivity contribution in [1.82, 2.24) is 20.2 Å². The fourth-order valence-electron chi connectivity index (χ4n) is 2.08. The molecule has 10 nitrogen and oxygen atoms in total. The van der Waals surface area contributed by atoms with E-state index in [2.05, 4.69) is 20.8 Å². The molecule has 0 aliphatic rings. The molecule has 3 rings (SSSR count). The molecule has 2 heterocycles. The van der Waals surface area contributed by atoms with Crippen LogP contribution < -0.4 is 5.32 Å². The number of hydrogen-bond donors (Lipinski definition) is 1. The Bertz CT molecular complexity index is 910. The van der Waals surface area contributed by atoms with Gasteiger partial charge in [-0.3, -0.25) is 14.9 Å². The third kappa shape index (κ3) is 2.84. The molecule has 0 spiro atoms. The summed E-state index contributed by atoms with van der Waals surface area (Å²) in [5, 5.41) is 24.8. The van der Waals surface area contributed by atoms with E-state index in [4.69, 9.17) is 4.52 Å². The van der Waals surface area contributed by atoms with Gasteiger partial charge in [0, 0.05) is 12.1 Å². The Morgan fingerprint density at radius 1 is 1.38 bits per heavy atom. The van der Waals surface area contributed by atoms with Gasteiger partial charge >= 0.3 is 0 Å². The van der Waals surface area contributed by atoms with E-state index in [-0.39, 0.29) is 11.4 Å². The van der Waals surface area contributed by atoms with Crippen molar-refractivity contribution in [3.8, 4) is 5.69 Å². The number of nitro groups is 1. The maximum Gasteiger partial charge on any atom is 0.278 e. The molecule has 0 saturated carbocycles. The lowest BCUT2D eigenvalue weighted by atomic mass is 10.3. The molecule has 0 saturated heterocycles. The second-order valence-corrected chi connectivity index (χ2v) is 4.98. The van der Waals surface area contributed by atoms with Gasteiger partial charge in [-0.25, -0.2) is 4.68 Å². The average Bonchev–Trinajstić information content (AvgIpc) is 3.17. The fourth-order valence-corrected chi connectivity index (χ4v) is 2.08. The van der Waals surface area contributed by atoms with Gasteiger partial charge < -0.3 is 9.84 Å². The van der Waals surface area contributed by atoms with Gasteiger partial charge in [-0.2, -0.15) is 0 Å². The first-order chi connectivity index (χ1) is 11.5. The molecule has 3 aromatic rings. The number of aryl methyl sites for hydroxylation is 2. The average molecular weight is 328 g/mol. The van der Waals surface area contributed by atoms with Gasteiger partial charge in [0.25, 0.3) is 11.6 Å². The lowest BCUT2D eigenvalue weighted by Gasteiger charge is -2.01. The van der Waals surface area contributed by atoms with E-state index in [1.54, 1.807) is 19.9 Å². The Labute approximate surface area is 135 Å². The number of aromatic nitrogens is 4. The Morgan fingerprint density at radius 3 is 2.83 bits per heavy atom. The molecule has 0 aliphatic heterocycles. The largest absolute Gasteiger partial charge is 0.359 e. The van der Waals surface area contributed by atoms with E-state index in [1.165, 1.54) is 29.1 Å². The summed E-state index contributed by atoms with van der Waals surface area (Å²) < 4.78 is 6.26. The second-order valence-electron chi connectivity index (χ2n) is 4.98. The third-order valence-electron chi connectivity index (χ3n) is 3.30. The van der Waals surface area contributed by atoms with Crippen LogP contribution in [0.1, 0.15) is 21.9 Å². The standard InChI is InChI=1S/C14H12N6O4/c1-8-13(9(2)24-17-8)15-14(21)12-7-19(18-16-12)10-4-3-5-11(6-10)20(22)23/h3-7H,1-2H3,(H,15,21). The molecular weight excluding hydrogens is 316 g/mol. The van der Waals surface area contributed by atoms with E-state index in [0.717, 1.165) is 0 Å². The summed E-state index contributed by atoms with van der Waals surface area (Å²) in [6.07, 6.45) is 1.38. The number of nitro benzene ring substituents is 1. The summed E-state index contributed by atoms with van der Waals surface area (Å²) in [6.45, 7) is 3.38. The van der Waals surface area contributed by atoms with Gasteiger partial charge in [0.2, 0.25) is 0 Å². The van der Waals surface area contributed by atoms with Gasteiger partial charge in [0.15, 0.2) is 11.5 Å². The lowest BCUT2D eigenvalue weighted by molar-refractivity contribution is -0.384. The SMILES string of the molecule is Cc1noc(C)c1NC(=O)c1cn(-c2cccc([N+](=O)[O-])c2)nn1. The van der Waals surface area contributed by atoms with E-state index < -0.39 is 10.8 Å². The summed E-state index contributed by atoms with van der Waals surface area (Å²) >= 11 is 0. The number of nitrogens with zero attached hydrogens (tertiary/aromatic N) is 5. The smallest absolute Gasteiger partial charge is 0.278 e. The van der Waals surface area contributed by atoms with Crippen LogP contribution in [0.2, 0.25) is 0 Å². The quantitative estimate of drug-likeness (QED) is 0.573. The first-order valence-corrected chi connectivity index (χ1v) is 6.87. The Balaban J connectivity index is 1.84. The van der Waals surface area contributed by atoms with Crippen LogP contribution in [-0.4, -0.2) is 31.0 Å². The third-order valence-corrected chi connectivity index (χ3v) is 3.30. The zero-order valence-corrected chi connectivity index (χ0v) is 12.8. The van der Waals surface area contributed by atoms with Crippen LogP contribution in [-0.2, 0) is 0 Å². The number of amides is 1. The van der Waals surface area contributed by atoms with Crippen molar-refractivity contribution in [1.29, 1.82) is 0 Å². The van der Waals surface area contributed by atoms with Crippen LogP contribution in [0.5, 0.6) is 0 Å². The van der Waals surface area contributed by atoms with Crippen molar-refractivity contribution < 1.29 is 14.2 Å². The molecule has 2 aromatic heterocycles. The molecule has 0 fully saturated rings. The maximum atomic E-state index is 12.2. The number of anilines is 1. The van der Waals surface area contributed by atoms with Crippen molar-refractivity contribution >= 4 is 17.3 Å². The topological polar surface area (TPSA) is 129 Å². The van der Waals surface area contributed by atoms with Crippen molar-refractivity contribution in [3.63, 3.8) is 0 Å². The Hall–Kier alpha value is -3.56. The van der Waals surface area contributed by atoms with Gasteiger partial charge in [-0.15, -0.1) is 5.10 Å². The highest BCUT2D eigenvalue weighted by molar-refractivity contribution is 6.03. The van der Waals surface area contributed by atoms with Gasteiger partial charge in [0.1, 0.15) is 11.4 Å². The minimum atomic E-state index is -0.508. The molecule has 24 heavy (non-hydrogen) atoms. The van der Waals surface area contributed by atoms with E-state index in [9.17, 15) is 14.9 Å². The van der Waals surface area contributed by atoms with Crippen LogP contribution in [0, 0.1) is 24.0 Å². The predicted molar refractivity (Wildman–Crippen MR) is 81.9 cm³/mol. The van der Waals surface area contributed by atoms with Crippen LogP contribution >= 0.6 is 0 Å². The fraction of sp³-hybridized carbons (Fsp3) is 0.143. The predicted octanol–water partition coefficient (Wildman–Crippen LogP) is 2.03. The summed E-state index contributed by atoms with van der Waals surface area (Å²) in [7, 11) is 0. The van der Waals surface area contributed by atoms with Crippen molar-refractivity contribution in [3.05, 3.63) is 57.7 Å². The lowest BCUT2D eigenvalue weighted by Crippen LogP contribution is -2.13. The molecule has 0 aliphatic carbocycles. The minimum Gasteiger partial charge on any atom is -0.359 e. The van der Waals surface area contributed by atoms with Crippen LogP contribution in [0.3, 0.4) is 0 Å². The van der Waals surface area contributed by atoms with Crippen LogP contribution in [0.15, 0.2) is 35.0 Å². The molecule has 10 heteroatoms. The normalized spacial score (nSPS) is 10.6. The Morgan fingerprint density at radius 2 is 2.17 bits per heavy atom. The number of non-ortho nitro benzene ring substituents is 1. The number of carbonyl (C=O) groups excluding carboxylic acids is 1. The highest BCUT2D eigenvalue weighted by Crippen LogP contribution is 2.20. The van der Waals surface area contributed by atoms with Crippen molar-refractivity contribution in [2.45, 2.75) is 13.8 Å². The maximum absolute atomic E-state index is 12.2. The number of rotatable bonds is 4. The molecule has 122 valence electrons. The van der Waals surface area contributed by atoms with E-state index >= 15 is 0 Å². The van der Waals surface area contributed by atoms with Gasteiger partial charge in [-0.05, 0) is 19.9 Å². The number of nitrogens with one attached hydrogen (secondary N) is 1. The second kappa shape index (κ2) is 5.91. The first kappa shape index (κ1) is 15.3. The first-order valence-electron chi connectivity index (χ1n) is 6.87. The van der Waals surface area contributed by atoms with Gasteiger partial charge in [0.05, 0.1) is 16.8 Å². The zero-order valence-electron chi connectivity index (χ0n) is 12.8. The number of carbonyl (C=O) groups is 1. The number of hydrogen-bond acceptors (Lipinski definition) is 7. The zero-order chi connectivity index (χ0) is 17.3. The molecule has 1 aromatic carbocycles. The number of benzene rings is 1. The summed E-state index contributed by atoms with van der Waals surface area (Å²) in [6, 6.07) is 5.85. The minimum absolute atomic E-state index is 0.0570. The Kier molecular flexibility index (Phi) is 3.78. The van der Waals surface area contributed by atoms with Crippen molar-refractivity contribution in [2.75, 3.05) is 5.32 Å². The van der Waals surface area contributed by atoms with E-state index in [0.29, 0.717) is 22.8 Å². The van der Waals surface area contributed by atoms with Gasteiger partial charge in [-0.1, -0.05) is 16.4 Å². The molecule has 1 N–H and O–H groups in total. The molecular formula is C14H12N6O4. The van der Waals surface area contributed by atoms with Crippen LogP contribution in [0.4, 0.5) is 11.4 Å². The highest BCUT2D eigenvalue weighted by Gasteiger charge is 2.17. The van der Waals surface area contributed by atoms with Crippen molar-refractivity contribution in [2.24, 2.45) is 0 Å². The molecule has 1 amide bonds. The van der Waals surface area contributed by atoms with Crippen LogP contribution in [0.25, 0.3) is 5.69 Å².